The van der Waals surface area contributed by atoms with E-state index in [0.29, 0.717) is 5.56 Å². The number of anilines is 1. The Labute approximate surface area is 144 Å². The first-order chi connectivity index (χ1) is 11.5. The number of esters is 1. The lowest BCUT2D eigenvalue weighted by molar-refractivity contribution is -0.208. The Morgan fingerprint density at radius 1 is 1.24 bits per heavy atom. The summed E-state index contributed by atoms with van der Waals surface area (Å²) in [5.74, 6) is -2.69. The largest absolute Gasteiger partial charge is 0.463 e. The minimum absolute atomic E-state index is 0.0372. The number of hydrogen-bond acceptors (Lipinski definition) is 4. The summed E-state index contributed by atoms with van der Waals surface area (Å²) in [4.78, 5) is 24.2. The van der Waals surface area contributed by atoms with Crippen LogP contribution in [0.2, 0.25) is 0 Å². The van der Waals surface area contributed by atoms with E-state index in [1.807, 2.05) is 0 Å². The molecule has 0 aliphatic heterocycles. The first kappa shape index (κ1) is 20.8. The number of aryl methyl sites for hydroxylation is 1. The van der Waals surface area contributed by atoms with Crippen LogP contribution in [0.1, 0.15) is 32.8 Å². The van der Waals surface area contributed by atoms with Gasteiger partial charge in [-0.05, 0) is 37.5 Å². The van der Waals surface area contributed by atoms with E-state index in [2.05, 4.69) is 10.1 Å². The van der Waals surface area contributed by atoms with Crippen LogP contribution in [0.5, 0.6) is 0 Å². The molecule has 2 N–H and O–H groups in total. The van der Waals surface area contributed by atoms with Crippen LogP contribution >= 0.6 is 0 Å². The molecule has 0 fully saturated rings. The van der Waals surface area contributed by atoms with Crippen molar-refractivity contribution < 1.29 is 27.5 Å². The summed E-state index contributed by atoms with van der Waals surface area (Å²) < 4.78 is 46.2. The van der Waals surface area contributed by atoms with E-state index in [-0.39, 0.29) is 24.6 Å². The van der Waals surface area contributed by atoms with E-state index in [1.54, 1.807) is 38.2 Å². The van der Waals surface area contributed by atoms with Gasteiger partial charge in [-0.2, -0.15) is 13.2 Å². The number of nitrogens with one attached hydrogen (secondary N) is 2. The van der Waals surface area contributed by atoms with Gasteiger partial charge in [-0.25, -0.2) is 4.79 Å². The van der Waals surface area contributed by atoms with Crippen molar-refractivity contribution in [3.05, 3.63) is 29.8 Å². The number of benzene rings is 1. The maximum atomic E-state index is 13.9. The number of halogens is 3. The first-order valence-electron chi connectivity index (χ1n) is 7.91. The second-order valence-electron chi connectivity index (χ2n) is 6.11. The van der Waals surface area contributed by atoms with Gasteiger partial charge in [0.15, 0.2) is 0 Å². The van der Waals surface area contributed by atoms with Crippen LogP contribution in [0, 0.1) is 12.8 Å². The SMILES string of the molecule is CCOC(=O)C(NC(=O)CC(C)C)(Nc1cccc(C)c1)C(F)(F)F. The molecule has 0 saturated heterocycles. The third-order valence-corrected chi connectivity index (χ3v) is 3.28. The number of carbonyl (C=O) groups is 2. The molecule has 0 bridgehead atoms. The molecule has 1 unspecified atom stereocenters. The highest BCUT2D eigenvalue weighted by Gasteiger charge is 2.63. The molecule has 1 aromatic carbocycles. The van der Waals surface area contributed by atoms with Gasteiger partial charge in [0.1, 0.15) is 0 Å². The third-order valence-electron chi connectivity index (χ3n) is 3.28. The molecule has 8 heteroatoms. The second-order valence-corrected chi connectivity index (χ2v) is 6.11. The molecule has 1 rings (SSSR count). The number of rotatable bonds is 7. The lowest BCUT2D eigenvalue weighted by atomic mass is 10.1. The van der Waals surface area contributed by atoms with Gasteiger partial charge in [0, 0.05) is 12.1 Å². The molecule has 0 aliphatic carbocycles. The fourth-order valence-corrected chi connectivity index (χ4v) is 2.20. The predicted molar refractivity (Wildman–Crippen MR) is 87.8 cm³/mol. The van der Waals surface area contributed by atoms with Gasteiger partial charge >= 0.3 is 17.8 Å². The Kier molecular flexibility index (Phi) is 6.84. The van der Waals surface area contributed by atoms with Gasteiger partial charge in [-0.3, -0.25) is 4.79 Å². The summed E-state index contributed by atoms with van der Waals surface area (Å²) in [6, 6.07) is 6.05. The Morgan fingerprint density at radius 2 is 1.88 bits per heavy atom. The maximum absolute atomic E-state index is 13.9. The second kappa shape index (κ2) is 8.22. The van der Waals surface area contributed by atoms with Crippen LogP contribution in [0.15, 0.2) is 24.3 Å². The quantitative estimate of drug-likeness (QED) is 0.578. The number of alkyl halides is 3. The van der Waals surface area contributed by atoms with E-state index in [9.17, 15) is 22.8 Å². The highest BCUT2D eigenvalue weighted by molar-refractivity contribution is 5.91. The summed E-state index contributed by atoms with van der Waals surface area (Å²) in [5, 5.41) is 3.94. The Hall–Kier alpha value is -2.25. The lowest BCUT2D eigenvalue weighted by Crippen LogP contribution is -2.69. The number of ether oxygens (including phenoxy) is 1. The fourth-order valence-electron chi connectivity index (χ4n) is 2.20. The van der Waals surface area contributed by atoms with Crippen molar-refractivity contribution in [3.63, 3.8) is 0 Å². The Bertz CT molecular complexity index is 617. The molecule has 0 aliphatic rings. The molecule has 140 valence electrons. The van der Waals surface area contributed by atoms with Gasteiger partial charge in [-0.1, -0.05) is 26.0 Å². The zero-order valence-electron chi connectivity index (χ0n) is 14.7. The molecular formula is C17H23F3N2O3. The smallest absolute Gasteiger partial charge is 0.441 e. The molecule has 5 nitrogen and oxygen atoms in total. The zero-order valence-corrected chi connectivity index (χ0v) is 14.7. The van der Waals surface area contributed by atoms with Gasteiger partial charge in [-0.15, -0.1) is 0 Å². The van der Waals surface area contributed by atoms with Crippen molar-refractivity contribution in [1.82, 2.24) is 5.32 Å². The van der Waals surface area contributed by atoms with Gasteiger partial charge < -0.3 is 15.4 Å². The normalized spacial score (nSPS) is 13.9. The van der Waals surface area contributed by atoms with E-state index in [1.165, 1.54) is 19.1 Å². The molecule has 0 spiro atoms. The molecule has 1 amide bonds. The summed E-state index contributed by atoms with van der Waals surface area (Å²) in [7, 11) is 0. The number of hydrogen-bond donors (Lipinski definition) is 2. The summed E-state index contributed by atoms with van der Waals surface area (Å²) in [6.45, 7) is 6.20. The van der Waals surface area contributed by atoms with Crippen LogP contribution in [0.4, 0.5) is 18.9 Å². The standard InChI is InChI=1S/C17H23F3N2O3/c1-5-25-15(24)16(17(18,19)20,22-14(23)9-11(2)3)21-13-8-6-7-12(4)10-13/h6-8,10-11,21H,5,9H2,1-4H3,(H,22,23). The topological polar surface area (TPSA) is 67.4 Å². The van der Waals surface area contributed by atoms with Gasteiger partial charge in [0.2, 0.25) is 5.91 Å². The number of amides is 1. The molecule has 1 atom stereocenters. The number of carbonyl (C=O) groups excluding carboxylic acids is 2. The molecule has 0 aromatic heterocycles. The van der Waals surface area contributed by atoms with E-state index in [0.717, 1.165) is 0 Å². The van der Waals surface area contributed by atoms with Crippen molar-refractivity contribution in [2.45, 2.75) is 46.0 Å². The highest BCUT2D eigenvalue weighted by atomic mass is 19.4. The summed E-state index contributed by atoms with van der Waals surface area (Å²) in [5.41, 5.74) is -2.63. The predicted octanol–water partition coefficient (Wildman–Crippen LogP) is 3.39. The third kappa shape index (κ3) is 5.37. The highest BCUT2D eigenvalue weighted by Crippen LogP contribution is 2.33. The first-order valence-corrected chi connectivity index (χ1v) is 7.91. The molecule has 0 saturated carbocycles. The molecule has 0 radical (unpaired) electrons. The van der Waals surface area contributed by atoms with Gasteiger partial charge in [0.05, 0.1) is 6.61 Å². The van der Waals surface area contributed by atoms with Crippen LogP contribution in [-0.2, 0) is 14.3 Å². The van der Waals surface area contributed by atoms with Crippen LogP contribution in [0.25, 0.3) is 0 Å². The molecule has 25 heavy (non-hydrogen) atoms. The van der Waals surface area contributed by atoms with Crippen molar-refractivity contribution in [1.29, 1.82) is 0 Å². The van der Waals surface area contributed by atoms with Crippen LogP contribution in [0.3, 0.4) is 0 Å². The minimum atomic E-state index is -5.12. The minimum Gasteiger partial charge on any atom is -0.463 e. The lowest BCUT2D eigenvalue weighted by Gasteiger charge is -2.35. The zero-order chi connectivity index (χ0) is 19.3. The summed E-state index contributed by atoms with van der Waals surface area (Å²) in [6.07, 6.45) is -5.28. The molecule has 0 heterocycles. The average molecular weight is 360 g/mol. The van der Waals surface area contributed by atoms with Crippen molar-refractivity contribution >= 4 is 17.6 Å². The average Bonchev–Trinajstić information content (AvgIpc) is 2.44. The van der Waals surface area contributed by atoms with E-state index >= 15 is 0 Å². The summed E-state index contributed by atoms with van der Waals surface area (Å²) >= 11 is 0. The maximum Gasteiger partial charge on any atom is 0.441 e. The van der Waals surface area contributed by atoms with Crippen molar-refractivity contribution in [2.75, 3.05) is 11.9 Å². The molecular weight excluding hydrogens is 337 g/mol. The Morgan fingerprint density at radius 3 is 2.36 bits per heavy atom. The Balaban J connectivity index is 3.33. The van der Waals surface area contributed by atoms with E-state index < -0.39 is 23.7 Å². The fraction of sp³-hybridized carbons (Fsp3) is 0.529. The molecule has 1 aromatic rings. The monoisotopic (exact) mass is 360 g/mol. The van der Waals surface area contributed by atoms with Crippen LogP contribution in [-0.4, -0.2) is 30.3 Å². The van der Waals surface area contributed by atoms with Crippen molar-refractivity contribution in [3.8, 4) is 0 Å². The van der Waals surface area contributed by atoms with Gasteiger partial charge in [0.25, 0.3) is 0 Å². The van der Waals surface area contributed by atoms with Crippen molar-refractivity contribution in [2.24, 2.45) is 5.92 Å². The van der Waals surface area contributed by atoms with E-state index in [4.69, 9.17) is 0 Å². The van der Waals surface area contributed by atoms with Crippen LogP contribution < -0.4 is 10.6 Å².